The monoisotopic (exact) mass is 293 g/mol. The standard InChI is InChI=1S/C17H27NO3/c1-13(2)14-9-6-7-10-15(14)21-12-8-11-17(3,18-4)16(19)20-5/h6-7,9-10,13,18H,8,11-12H2,1-5H3. The Morgan fingerprint density at radius 1 is 1.33 bits per heavy atom. The van der Waals surface area contributed by atoms with E-state index in [-0.39, 0.29) is 5.97 Å². The lowest BCUT2D eigenvalue weighted by Crippen LogP contribution is -2.48. The molecule has 1 unspecified atom stereocenters. The highest BCUT2D eigenvalue weighted by Gasteiger charge is 2.31. The van der Waals surface area contributed by atoms with Crippen LogP contribution in [-0.2, 0) is 9.53 Å². The molecule has 0 saturated heterocycles. The normalized spacial score (nSPS) is 13.8. The minimum atomic E-state index is -0.657. The Hall–Kier alpha value is -1.55. The molecule has 0 aliphatic carbocycles. The van der Waals surface area contributed by atoms with Gasteiger partial charge < -0.3 is 14.8 Å². The first-order valence-electron chi connectivity index (χ1n) is 7.43. The van der Waals surface area contributed by atoms with Crippen LogP contribution in [0, 0.1) is 0 Å². The molecule has 0 bridgehead atoms. The lowest BCUT2D eigenvalue weighted by Gasteiger charge is -2.26. The molecule has 4 nitrogen and oxygen atoms in total. The maximum atomic E-state index is 11.7. The van der Waals surface area contributed by atoms with Crippen LogP contribution >= 0.6 is 0 Å². The maximum Gasteiger partial charge on any atom is 0.325 e. The molecular formula is C17H27NO3. The van der Waals surface area contributed by atoms with Crippen LogP contribution in [-0.4, -0.2) is 32.3 Å². The summed E-state index contributed by atoms with van der Waals surface area (Å²) >= 11 is 0. The van der Waals surface area contributed by atoms with Crippen molar-refractivity contribution in [1.29, 1.82) is 0 Å². The minimum Gasteiger partial charge on any atom is -0.493 e. The van der Waals surface area contributed by atoms with Crippen LogP contribution in [0.25, 0.3) is 0 Å². The van der Waals surface area contributed by atoms with Crippen molar-refractivity contribution in [2.75, 3.05) is 20.8 Å². The summed E-state index contributed by atoms with van der Waals surface area (Å²) in [5.41, 5.74) is 0.553. The molecule has 1 N–H and O–H groups in total. The average molecular weight is 293 g/mol. The van der Waals surface area contributed by atoms with Crippen molar-refractivity contribution in [2.24, 2.45) is 0 Å². The van der Waals surface area contributed by atoms with Gasteiger partial charge in [0.1, 0.15) is 11.3 Å². The van der Waals surface area contributed by atoms with Crippen molar-refractivity contribution in [1.82, 2.24) is 5.32 Å². The van der Waals surface area contributed by atoms with Gasteiger partial charge in [-0.2, -0.15) is 0 Å². The second kappa shape index (κ2) is 8.03. The summed E-state index contributed by atoms with van der Waals surface area (Å²) in [6.07, 6.45) is 1.44. The van der Waals surface area contributed by atoms with Gasteiger partial charge in [0.15, 0.2) is 0 Å². The van der Waals surface area contributed by atoms with Crippen LogP contribution in [0.1, 0.15) is 45.1 Å². The van der Waals surface area contributed by atoms with E-state index < -0.39 is 5.54 Å². The number of likely N-dealkylation sites (N-methyl/N-ethyl adjacent to an activating group) is 1. The van der Waals surface area contributed by atoms with Gasteiger partial charge in [-0.3, -0.25) is 4.79 Å². The van der Waals surface area contributed by atoms with Gasteiger partial charge in [0.25, 0.3) is 0 Å². The van der Waals surface area contributed by atoms with Crippen LogP contribution in [0.4, 0.5) is 0 Å². The fourth-order valence-electron chi connectivity index (χ4n) is 2.25. The van der Waals surface area contributed by atoms with Crippen molar-refractivity contribution in [3.05, 3.63) is 29.8 Å². The third-order valence-electron chi connectivity index (χ3n) is 3.81. The van der Waals surface area contributed by atoms with E-state index in [4.69, 9.17) is 9.47 Å². The van der Waals surface area contributed by atoms with Crippen molar-refractivity contribution in [2.45, 2.75) is 45.1 Å². The lowest BCUT2D eigenvalue weighted by atomic mass is 9.96. The van der Waals surface area contributed by atoms with Crippen molar-refractivity contribution < 1.29 is 14.3 Å². The first-order chi connectivity index (χ1) is 9.94. The van der Waals surface area contributed by atoms with E-state index in [0.717, 1.165) is 12.2 Å². The van der Waals surface area contributed by atoms with Gasteiger partial charge in [0, 0.05) is 0 Å². The molecule has 1 aromatic rings. The number of esters is 1. The zero-order chi connectivity index (χ0) is 15.9. The lowest BCUT2D eigenvalue weighted by molar-refractivity contribution is -0.148. The number of hydrogen-bond acceptors (Lipinski definition) is 4. The van der Waals surface area contributed by atoms with E-state index in [1.54, 1.807) is 7.05 Å². The van der Waals surface area contributed by atoms with Gasteiger partial charge in [-0.15, -0.1) is 0 Å². The molecule has 0 heterocycles. The molecule has 0 aliphatic rings. The van der Waals surface area contributed by atoms with E-state index in [9.17, 15) is 4.79 Å². The van der Waals surface area contributed by atoms with Crippen molar-refractivity contribution in [3.63, 3.8) is 0 Å². The Balaban J connectivity index is 2.53. The highest BCUT2D eigenvalue weighted by atomic mass is 16.5. The summed E-state index contributed by atoms with van der Waals surface area (Å²) in [5, 5.41) is 3.03. The molecule has 0 saturated carbocycles. The Labute approximate surface area is 127 Å². The number of carbonyl (C=O) groups excluding carboxylic acids is 1. The maximum absolute atomic E-state index is 11.7. The van der Waals surface area contributed by atoms with E-state index in [0.29, 0.717) is 18.9 Å². The van der Waals surface area contributed by atoms with Crippen molar-refractivity contribution >= 4 is 5.97 Å². The van der Waals surface area contributed by atoms with Gasteiger partial charge >= 0.3 is 5.97 Å². The highest BCUT2D eigenvalue weighted by molar-refractivity contribution is 5.80. The third kappa shape index (κ3) is 4.74. The first-order valence-corrected chi connectivity index (χ1v) is 7.43. The van der Waals surface area contributed by atoms with Crippen LogP contribution in [0.5, 0.6) is 5.75 Å². The average Bonchev–Trinajstić information content (AvgIpc) is 2.50. The molecule has 1 aromatic carbocycles. The molecule has 0 aliphatic heterocycles. The fourth-order valence-corrected chi connectivity index (χ4v) is 2.25. The van der Waals surface area contributed by atoms with E-state index in [2.05, 4.69) is 25.2 Å². The topological polar surface area (TPSA) is 47.6 Å². The zero-order valence-electron chi connectivity index (χ0n) is 13.7. The third-order valence-corrected chi connectivity index (χ3v) is 3.81. The first kappa shape index (κ1) is 17.5. The quantitative estimate of drug-likeness (QED) is 0.591. The molecule has 1 rings (SSSR count). The number of benzene rings is 1. The molecule has 118 valence electrons. The van der Waals surface area contributed by atoms with E-state index >= 15 is 0 Å². The Morgan fingerprint density at radius 2 is 2.00 bits per heavy atom. The summed E-state index contributed by atoms with van der Waals surface area (Å²) in [7, 11) is 3.18. The van der Waals surface area contributed by atoms with Gasteiger partial charge in [-0.1, -0.05) is 32.0 Å². The summed E-state index contributed by atoms with van der Waals surface area (Å²) in [6.45, 7) is 6.73. The number of para-hydroxylation sites is 1. The van der Waals surface area contributed by atoms with E-state index in [1.165, 1.54) is 12.7 Å². The van der Waals surface area contributed by atoms with Crippen LogP contribution in [0.15, 0.2) is 24.3 Å². The summed E-state index contributed by atoms with van der Waals surface area (Å²) in [4.78, 5) is 11.7. The van der Waals surface area contributed by atoms with Gasteiger partial charge in [0.05, 0.1) is 13.7 Å². The second-order valence-electron chi connectivity index (χ2n) is 5.72. The number of ether oxygens (including phenoxy) is 2. The van der Waals surface area contributed by atoms with E-state index in [1.807, 2.05) is 25.1 Å². The summed E-state index contributed by atoms with van der Waals surface area (Å²) < 4.78 is 10.7. The molecule has 0 amide bonds. The van der Waals surface area contributed by atoms with Gasteiger partial charge in [0.2, 0.25) is 0 Å². The summed E-state index contributed by atoms with van der Waals surface area (Å²) in [5.74, 6) is 1.11. The van der Waals surface area contributed by atoms with Crippen LogP contribution in [0.2, 0.25) is 0 Å². The molecular weight excluding hydrogens is 266 g/mol. The molecule has 0 radical (unpaired) electrons. The molecule has 4 heteroatoms. The fraction of sp³-hybridized carbons (Fsp3) is 0.588. The smallest absolute Gasteiger partial charge is 0.325 e. The Kier molecular flexibility index (Phi) is 6.69. The molecule has 21 heavy (non-hydrogen) atoms. The minimum absolute atomic E-state index is 0.243. The SMILES string of the molecule is CNC(C)(CCCOc1ccccc1C(C)C)C(=O)OC. The molecule has 0 aromatic heterocycles. The largest absolute Gasteiger partial charge is 0.493 e. The number of carbonyl (C=O) groups is 1. The Morgan fingerprint density at radius 3 is 2.57 bits per heavy atom. The molecule has 0 spiro atoms. The number of rotatable bonds is 8. The number of hydrogen-bond donors (Lipinski definition) is 1. The molecule has 1 atom stereocenters. The predicted molar refractivity (Wildman–Crippen MR) is 84.7 cm³/mol. The number of methoxy groups -OCH3 is 1. The number of nitrogens with one attached hydrogen (secondary N) is 1. The van der Waals surface area contributed by atoms with Gasteiger partial charge in [-0.25, -0.2) is 0 Å². The van der Waals surface area contributed by atoms with Crippen LogP contribution < -0.4 is 10.1 Å². The predicted octanol–water partition coefficient (Wildman–Crippen LogP) is 3.12. The highest BCUT2D eigenvalue weighted by Crippen LogP contribution is 2.26. The van der Waals surface area contributed by atoms with Gasteiger partial charge in [-0.05, 0) is 44.4 Å². The van der Waals surface area contributed by atoms with Crippen molar-refractivity contribution in [3.8, 4) is 5.75 Å². The van der Waals surface area contributed by atoms with Crippen LogP contribution in [0.3, 0.4) is 0 Å². The second-order valence-corrected chi connectivity index (χ2v) is 5.72. The summed E-state index contributed by atoms with van der Waals surface area (Å²) in [6, 6.07) is 8.09. The Bertz CT molecular complexity index is 459. The zero-order valence-corrected chi connectivity index (χ0v) is 13.7. The molecule has 0 fully saturated rings.